The number of epoxide rings is 1. The smallest absolute Gasteiger partial charge is 0.417 e. The molecule has 1 saturated heterocycles. The topological polar surface area (TPSA) is 50.9 Å². The quantitative estimate of drug-likeness (QED) is 0.846. The molecule has 0 aromatic heterocycles. The predicted octanol–water partition coefficient (Wildman–Crippen LogP) is 3.74. The molecule has 1 heterocycles. The molecule has 0 bridgehead atoms. The summed E-state index contributed by atoms with van der Waals surface area (Å²) in [5, 5.41) is 2.45. The molecule has 4 nitrogen and oxygen atoms in total. The Kier molecular flexibility index (Phi) is 4.44. The van der Waals surface area contributed by atoms with Gasteiger partial charge in [0, 0.05) is 5.69 Å². The number of rotatable bonds is 5. The first-order chi connectivity index (χ1) is 11.4. The zero-order valence-corrected chi connectivity index (χ0v) is 12.5. The number of amides is 1. The van der Waals surface area contributed by atoms with Gasteiger partial charge in [0.05, 0.1) is 17.7 Å². The fourth-order valence-corrected chi connectivity index (χ4v) is 2.12. The zero-order valence-electron chi connectivity index (χ0n) is 12.5. The summed E-state index contributed by atoms with van der Waals surface area (Å²) < 4.78 is 50.0. The lowest BCUT2D eigenvalue weighted by molar-refractivity contribution is -0.138. The van der Waals surface area contributed by atoms with Gasteiger partial charge >= 0.3 is 6.18 Å². The molecule has 0 radical (unpaired) electrons. The van der Waals surface area contributed by atoms with Crippen LogP contribution in [0.25, 0.3) is 0 Å². The van der Waals surface area contributed by atoms with E-state index in [1.54, 1.807) is 30.3 Å². The monoisotopic (exact) mass is 337 g/mol. The number of hydrogen-bond donors (Lipinski definition) is 1. The normalized spacial score (nSPS) is 16.5. The highest BCUT2D eigenvalue weighted by molar-refractivity contribution is 6.05. The molecular formula is C17H14F3NO3. The van der Waals surface area contributed by atoms with Gasteiger partial charge in [-0.25, -0.2) is 0 Å². The molecular weight excluding hydrogens is 323 g/mol. The van der Waals surface area contributed by atoms with Gasteiger partial charge in [-0.15, -0.1) is 0 Å². The van der Waals surface area contributed by atoms with E-state index in [1.807, 2.05) is 0 Å². The van der Waals surface area contributed by atoms with Gasteiger partial charge in [0.15, 0.2) is 0 Å². The van der Waals surface area contributed by atoms with E-state index in [4.69, 9.17) is 9.47 Å². The van der Waals surface area contributed by atoms with E-state index >= 15 is 0 Å². The number of benzene rings is 2. The molecule has 1 unspecified atom stereocenters. The molecule has 1 fully saturated rings. The summed E-state index contributed by atoms with van der Waals surface area (Å²) >= 11 is 0. The Bertz CT molecular complexity index is 728. The first-order valence-electron chi connectivity index (χ1n) is 7.25. The summed E-state index contributed by atoms with van der Waals surface area (Å²) in [6.07, 6.45) is -4.74. The van der Waals surface area contributed by atoms with Crippen molar-refractivity contribution in [1.82, 2.24) is 0 Å². The van der Waals surface area contributed by atoms with Gasteiger partial charge in [-0.2, -0.15) is 13.2 Å². The van der Waals surface area contributed by atoms with Crippen LogP contribution in [0.2, 0.25) is 0 Å². The van der Waals surface area contributed by atoms with E-state index in [9.17, 15) is 18.0 Å². The fourth-order valence-electron chi connectivity index (χ4n) is 2.12. The van der Waals surface area contributed by atoms with Crippen LogP contribution in [0.4, 0.5) is 18.9 Å². The second-order valence-electron chi connectivity index (χ2n) is 5.29. The van der Waals surface area contributed by atoms with Gasteiger partial charge in [-0.3, -0.25) is 4.79 Å². The van der Waals surface area contributed by atoms with Gasteiger partial charge in [0.25, 0.3) is 5.91 Å². The number of ether oxygens (including phenoxy) is 2. The number of anilines is 1. The van der Waals surface area contributed by atoms with Crippen LogP contribution in [-0.4, -0.2) is 25.2 Å². The average Bonchev–Trinajstić information content (AvgIpc) is 3.37. The highest BCUT2D eigenvalue weighted by Crippen LogP contribution is 2.35. The van der Waals surface area contributed by atoms with Gasteiger partial charge in [-0.1, -0.05) is 18.2 Å². The van der Waals surface area contributed by atoms with Gasteiger partial charge in [0.2, 0.25) is 0 Å². The summed E-state index contributed by atoms with van der Waals surface area (Å²) in [5.74, 6) is -0.778. The van der Waals surface area contributed by atoms with Crippen molar-refractivity contribution in [3.05, 3.63) is 59.7 Å². The van der Waals surface area contributed by atoms with E-state index in [0.717, 1.165) is 12.1 Å². The van der Waals surface area contributed by atoms with E-state index in [1.165, 1.54) is 6.07 Å². The summed E-state index contributed by atoms with van der Waals surface area (Å²) in [6, 6.07) is 11.6. The lowest BCUT2D eigenvalue weighted by Gasteiger charge is -2.15. The Morgan fingerprint density at radius 1 is 1.21 bits per heavy atom. The molecule has 126 valence electrons. The summed E-state index contributed by atoms with van der Waals surface area (Å²) in [6.45, 7) is 0.733. The van der Waals surface area contributed by atoms with E-state index in [2.05, 4.69) is 5.32 Å². The Morgan fingerprint density at radius 2 is 1.92 bits per heavy atom. The highest BCUT2D eigenvalue weighted by Gasteiger charge is 2.36. The number of para-hydroxylation sites is 1. The minimum Gasteiger partial charge on any atom is -0.491 e. The minimum absolute atomic E-state index is 0.0501. The Labute approximate surface area is 136 Å². The molecule has 24 heavy (non-hydrogen) atoms. The molecule has 1 N–H and O–H groups in total. The molecule has 1 amide bonds. The molecule has 1 atom stereocenters. The van der Waals surface area contributed by atoms with Crippen LogP contribution in [0.5, 0.6) is 5.75 Å². The maximum absolute atomic E-state index is 13.3. The van der Waals surface area contributed by atoms with Crippen LogP contribution < -0.4 is 10.1 Å². The highest BCUT2D eigenvalue weighted by atomic mass is 19.4. The van der Waals surface area contributed by atoms with E-state index in [0.29, 0.717) is 12.3 Å². The third-order valence-corrected chi connectivity index (χ3v) is 3.41. The maximum Gasteiger partial charge on any atom is 0.417 e. The van der Waals surface area contributed by atoms with Crippen LogP contribution in [0.15, 0.2) is 48.5 Å². The minimum atomic E-state index is -4.67. The van der Waals surface area contributed by atoms with E-state index in [-0.39, 0.29) is 18.5 Å². The molecule has 0 spiro atoms. The van der Waals surface area contributed by atoms with Crippen molar-refractivity contribution in [3.8, 4) is 5.75 Å². The SMILES string of the molecule is O=C(Nc1ccccc1)c1ccc(OCC2CO2)cc1C(F)(F)F. The van der Waals surface area contributed by atoms with Crippen LogP contribution in [-0.2, 0) is 10.9 Å². The van der Waals surface area contributed by atoms with Crippen molar-refractivity contribution >= 4 is 11.6 Å². The van der Waals surface area contributed by atoms with Crippen molar-refractivity contribution in [2.45, 2.75) is 12.3 Å². The van der Waals surface area contributed by atoms with Crippen LogP contribution in [0.1, 0.15) is 15.9 Å². The molecule has 2 aromatic rings. The third kappa shape index (κ3) is 4.05. The van der Waals surface area contributed by atoms with Crippen molar-refractivity contribution < 1.29 is 27.4 Å². The average molecular weight is 337 g/mol. The summed E-state index contributed by atoms with van der Waals surface area (Å²) in [7, 11) is 0. The molecule has 0 saturated carbocycles. The largest absolute Gasteiger partial charge is 0.491 e. The standard InChI is InChI=1S/C17H14F3NO3/c18-17(19,20)15-8-12(23-9-13-10-24-13)6-7-14(15)16(22)21-11-4-2-1-3-5-11/h1-8,13H,9-10H2,(H,21,22). The summed E-state index contributed by atoms with van der Waals surface area (Å²) in [5.41, 5.74) is -1.08. The summed E-state index contributed by atoms with van der Waals surface area (Å²) in [4.78, 5) is 12.2. The second-order valence-corrected chi connectivity index (χ2v) is 5.29. The first kappa shape index (κ1) is 16.3. The van der Waals surface area contributed by atoms with Crippen LogP contribution >= 0.6 is 0 Å². The number of hydrogen-bond acceptors (Lipinski definition) is 3. The molecule has 2 aromatic carbocycles. The lowest BCUT2D eigenvalue weighted by atomic mass is 10.1. The number of alkyl halides is 3. The molecule has 1 aliphatic rings. The maximum atomic E-state index is 13.3. The molecule has 0 aliphatic carbocycles. The molecule has 7 heteroatoms. The number of halogens is 3. The number of carbonyl (C=O) groups is 1. The van der Waals surface area contributed by atoms with Gasteiger partial charge < -0.3 is 14.8 Å². The molecule has 3 rings (SSSR count). The Hall–Kier alpha value is -2.54. The zero-order chi connectivity index (χ0) is 17.2. The number of nitrogens with one attached hydrogen (secondary N) is 1. The fraction of sp³-hybridized carbons (Fsp3) is 0.235. The Balaban J connectivity index is 1.83. The van der Waals surface area contributed by atoms with Gasteiger partial charge in [0.1, 0.15) is 18.5 Å². The van der Waals surface area contributed by atoms with E-state index < -0.39 is 23.2 Å². The van der Waals surface area contributed by atoms with Crippen molar-refractivity contribution in [1.29, 1.82) is 0 Å². The van der Waals surface area contributed by atoms with Crippen molar-refractivity contribution in [2.75, 3.05) is 18.5 Å². The first-order valence-corrected chi connectivity index (χ1v) is 7.25. The van der Waals surface area contributed by atoms with Crippen molar-refractivity contribution in [3.63, 3.8) is 0 Å². The lowest BCUT2D eigenvalue weighted by Crippen LogP contribution is -2.19. The molecule has 1 aliphatic heterocycles. The van der Waals surface area contributed by atoms with Crippen molar-refractivity contribution in [2.24, 2.45) is 0 Å². The van der Waals surface area contributed by atoms with Crippen LogP contribution in [0.3, 0.4) is 0 Å². The third-order valence-electron chi connectivity index (χ3n) is 3.41. The predicted molar refractivity (Wildman–Crippen MR) is 81.1 cm³/mol. The van der Waals surface area contributed by atoms with Crippen LogP contribution in [0, 0.1) is 0 Å². The number of carbonyl (C=O) groups excluding carboxylic acids is 1. The van der Waals surface area contributed by atoms with Gasteiger partial charge in [-0.05, 0) is 30.3 Å². The Morgan fingerprint density at radius 3 is 2.54 bits per heavy atom. The second kappa shape index (κ2) is 6.52.